The molecule has 0 aliphatic heterocycles. The summed E-state index contributed by atoms with van der Waals surface area (Å²) in [6.07, 6.45) is 3.09. The van der Waals surface area contributed by atoms with Gasteiger partial charge in [-0.05, 0) is 30.7 Å². The van der Waals surface area contributed by atoms with Gasteiger partial charge in [-0.3, -0.25) is 0 Å². The van der Waals surface area contributed by atoms with E-state index in [0.29, 0.717) is 0 Å². The van der Waals surface area contributed by atoms with E-state index in [1.165, 1.54) is 18.7 Å². The molecule has 1 heterocycles. The maximum Gasteiger partial charge on any atom is 0.330 e. The van der Waals surface area contributed by atoms with E-state index in [-0.39, 0.29) is 5.97 Å². The molecule has 4 heteroatoms. The number of esters is 1. The molecular formula is C15H16N2O2. The summed E-state index contributed by atoms with van der Waals surface area (Å²) in [5, 5.41) is 4.07. The molecule has 0 amide bonds. The number of nitrogens with one attached hydrogen (secondary N) is 1. The highest BCUT2D eigenvalue weighted by atomic mass is 16.5. The lowest BCUT2D eigenvalue weighted by Crippen LogP contribution is -1.98. The standard InChI is InChI=1S/C15H16N2O2/c1-10-4-5-11-9-12(6-7-14(18)19-3)15(16-2)17-13(11)8-10/h4-9H,1-3H3,(H,16,17)/b7-6+. The molecule has 0 radical (unpaired) electrons. The molecule has 0 saturated heterocycles. The van der Waals surface area contributed by atoms with Gasteiger partial charge in [-0.2, -0.15) is 0 Å². The van der Waals surface area contributed by atoms with Crippen LogP contribution in [0.5, 0.6) is 0 Å². The smallest absolute Gasteiger partial charge is 0.330 e. The Balaban J connectivity index is 2.51. The Bertz CT molecular complexity index is 648. The SMILES string of the molecule is CNc1nc2cc(C)ccc2cc1/C=C/C(=O)OC. The number of hydrogen-bond acceptors (Lipinski definition) is 4. The quantitative estimate of drug-likeness (QED) is 0.677. The summed E-state index contributed by atoms with van der Waals surface area (Å²) in [5.41, 5.74) is 2.95. The van der Waals surface area contributed by atoms with Gasteiger partial charge >= 0.3 is 5.97 Å². The maximum atomic E-state index is 11.1. The number of hydrogen-bond donors (Lipinski definition) is 1. The molecule has 1 aromatic heterocycles. The van der Waals surface area contributed by atoms with Gasteiger partial charge in [0.2, 0.25) is 0 Å². The molecule has 0 bridgehead atoms. The van der Waals surface area contributed by atoms with Crippen molar-refractivity contribution in [2.45, 2.75) is 6.92 Å². The molecule has 0 fully saturated rings. The number of rotatable bonds is 3. The average molecular weight is 256 g/mol. The van der Waals surface area contributed by atoms with Crippen LogP contribution < -0.4 is 5.32 Å². The predicted octanol–water partition coefficient (Wildman–Crippen LogP) is 2.77. The van der Waals surface area contributed by atoms with Crippen molar-refractivity contribution in [3.05, 3.63) is 41.5 Å². The number of ether oxygens (including phenoxy) is 1. The number of fused-ring (bicyclic) bond motifs is 1. The van der Waals surface area contributed by atoms with Crippen molar-refractivity contribution in [1.82, 2.24) is 4.98 Å². The summed E-state index contributed by atoms with van der Waals surface area (Å²) < 4.78 is 4.58. The molecule has 4 nitrogen and oxygen atoms in total. The van der Waals surface area contributed by atoms with Crippen LogP contribution in [0.3, 0.4) is 0 Å². The van der Waals surface area contributed by atoms with Gasteiger partial charge in [0.15, 0.2) is 0 Å². The zero-order valence-corrected chi connectivity index (χ0v) is 11.2. The Hall–Kier alpha value is -2.36. The van der Waals surface area contributed by atoms with Crippen LogP contribution in [-0.2, 0) is 9.53 Å². The van der Waals surface area contributed by atoms with E-state index in [4.69, 9.17) is 0 Å². The summed E-state index contributed by atoms with van der Waals surface area (Å²) >= 11 is 0. The molecule has 0 saturated carbocycles. The Morgan fingerprint density at radius 3 is 2.84 bits per heavy atom. The van der Waals surface area contributed by atoms with Gasteiger partial charge in [0, 0.05) is 24.1 Å². The fraction of sp³-hybridized carbons (Fsp3) is 0.200. The van der Waals surface area contributed by atoms with E-state index >= 15 is 0 Å². The van der Waals surface area contributed by atoms with E-state index in [1.54, 1.807) is 13.1 Å². The van der Waals surface area contributed by atoms with Crippen molar-refractivity contribution in [2.75, 3.05) is 19.5 Å². The van der Waals surface area contributed by atoms with Gasteiger partial charge in [-0.15, -0.1) is 0 Å². The maximum absolute atomic E-state index is 11.1. The van der Waals surface area contributed by atoms with Crippen LogP contribution in [-0.4, -0.2) is 25.1 Å². The lowest BCUT2D eigenvalue weighted by molar-refractivity contribution is -0.134. The second kappa shape index (κ2) is 5.52. The molecule has 0 aliphatic carbocycles. The number of pyridine rings is 1. The first-order valence-corrected chi connectivity index (χ1v) is 5.99. The van der Waals surface area contributed by atoms with Gasteiger partial charge in [-0.25, -0.2) is 9.78 Å². The van der Waals surface area contributed by atoms with Gasteiger partial charge in [0.05, 0.1) is 12.6 Å². The number of aryl methyl sites for hydroxylation is 1. The molecule has 1 N–H and O–H groups in total. The number of nitrogens with zero attached hydrogens (tertiary/aromatic N) is 1. The van der Waals surface area contributed by atoms with Gasteiger partial charge < -0.3 is 10.1 Å². The third-order valence-electron chi connectivity index (χ3n) is 2.84. The first kappa shape index (κ1) is 13.1. The molecule has 0 aliphatic rings. The summed E-state index contributed by atoms with van der Waals surface area (Å²) in [5.74, 6) is 0.351. The monoisotopic (exact) mass is 256 g/mol. The Kier molecular flexibility index (Phi) is 3.80. The number of benzene rings is 1. The van der Waals surface area contributed by atoms with E-state index in [2.05, 4.69) is 15.0 Å². The first-order chi connectivity index (χ1) is 9.13. The average Bonchev–Trinajstić information content (AvgIpc) is 2.43. The summed E-state index contributed by atoms with van der Waals surface area (Å²) in [6.45, 7) is 2.03. The van der Waals surface area contributed by atoms with Crippen molar-refractivity contribution >= 4 is 28.8 Å². The van der Waals surface area contributed by atoms with Crippen molar-refractivity contribution in [2.24, 2.45) is 0 Å². The fourth-order valence-electron chi connectivity index (χ4n) is 1.85. The zero-order chi connectivity index (χ0) is 13.8. The van der Waals surface area contributed by atoms with Crippen LogP contribution in [0.1, 0.15) is 11.1 Å². The van der Waals surface area contributed by atoms with Crippen molar-refractivity contribution in [1.29, 1.82) is 0 Å². The lowest BCUT2D eigenvalue weighted by atomic mass is 10.1. The minimum Gasteiger partial charge on any atom is -0.466 e. The van der Waals surface area contributed by atoms with Gasteiger partial charge in [-0.1, -0.05) is 12.1 Å². The molecule has 2 rings (SSSR count). The largest absolute Gasteiger partial charge is 0.466 e. The molecule has 98 valence electrons. The van der Waals surface area contributed by atoms with Crippen LogP contribution in [0.25, 0.3) is 17.0 Å². The van der Waals surface area contributed by atoms with Crippen LogP contribution in [0, 0.1) is 6.92 Å². The Morgan fingerprint density at radius 2 is 2.16 bits per heavy atom. The molecule has 0 unspecified atom stereocenters. The topological polar surface area (TPSA) is 51.2 Å². The molecular weight excluding hydrogens is 240 g/mol. The minimum absolute atomic E-state index is 0.383. The number of methoxy groups -OCH3 is 1. The van der Waals surface area contributed by atoms with E-state index in [9.17, 15) is 4.79 Å². The van der Waals surface area contributed by atoms with Crippen molar-refractivity contribution in [3.8, 4) is 0 Å². The van der Waals surface area contributed by atoms with E-state index < -0.39 is 0 Å². The number of carbonyl (C=O) groups excluding carboxylic acids is 1. The van der Waals surface area contributed by atoms with Crippen LogP contribution >= 0.6 is 0 Å². The van der Waals surface area contributed by atoms with Crippen molar-refractivity contribution in [3.63, 3.8) is 0 Å². The highest BCUT2D eigenvalue weighted by Crippen LogP contribution is 2.22. The number of anilines is 1. The lowest BCUT2D eigenvalue weighted by Gasteiger charge is -2.07. The van der Waals surface area contributed by atoms with E-state index in [1.807, 2.05) is 31.2 Å². The Labute approximate surface area is 112 Å². The van der Waals surface area contributed by atoms with Gasteiger partial charge in [0.1, 0.15) is 5.82 Å². The molecule has 0 atom stereocenters. The fourth-order valence-corrected chi connectivity index (χ4v) is 1.85. The molecule has 0 spiro atoms. The highest BCUT2D eigenvalue weighted by Gasteiger charge is 2.04. The third-order valence-corrected chi connectivity index (χ3v) is 2.84. The Morgan fingerprint density at radius 1 is 1.37 bits per heavy atom. The molecule has 19 heavy (non-hydrogen) atoms. The van der Waals surface area contributed by atoms with E-state index in [0.717, 1.165) is 22.3 Å². The summed E-state index contributed by atoms with van der Waals surface area (Å²) in [7, 11) is 3.16. The second-order valence-corrected chi connectivity index (χ2v) is 4.23. The highest BCUT2D eigenvalue weighted by molar-refractivity contribution is 5.90. The summed E-state index contributed by atoms with van der Waals surface area (Å²) in [4.78, 5) is 15.7. The predicted molar refractivity (Wildman–Crippen MR) is 77.1 cm³/mol. The minimum atomic E-state index is -0.383. The third kappa shape index (κ3) is 2.91. The van der Waals surface area contributed by atoms with Crippen LogP contribution in [0.2, 0.25) is 0 Å². The molecule has 1 aromatic carbocycles. The van der Waals surface area contributed by atoms with Crippen LogP contribution in [0.15, 0.2) is 30.3 Å². The summed E-state index contributed by atoms with van der Waals surface area (Å²) in [6, 6.07) is 8.08. The van der Waals surface area contributed by atoms with Crippen LogP contribution in [0.4, 0.5) is 5.82 Å². The normalized spacial score (nSPS) is 10.9. The number of aromatic nitrogens is 1. The molecule has 2 aromatic rings. The zero-order valence-electron chi connectivity index (χ0n) is 11.2. The van der Waals surface area contributed by atoms with Crippen molar-refractivity contribution < 1.29 is 9.53 Å². The number of carbonyl (C=O) groups is 1. The first-order valence-electron chi connectivity index (χ1n) is 5.99. The van der Waals surface area contributed by atoms with Gasteiger partial charge in [0.25, 0.3) is 0 Å². The second-order valence-electron chi connectivity index (χ2n) is 4.23.